The lowest BCUT2D eigenvalue weighted by Gasteiger charge is -2.17. The van der Waals surface area contributed by atoms with E-state index in [2.05, 4.69) is 0 Å². The summed E-state index contributed by atoms with van der Waals surface area (Å²) in [4.78, 5) is 13.0. The maximum Gasteiger partial charge on any atom is 0.227 e. The predicted octanol–water partition coefficient (Wildman–Crippen LogP) is 0.339. The van der Waals surface area contributed by atoms with E-state index in [1.54, 1.807) is 0 Å². The monoisotopic (exact) mass is 297 g/mol. The van der Waals surface area contributed by atoms with Gasteiger partial charge >= 0.3 is 0 Å². The van der Waals surface area contributed by atoms with Crippen LogP contribution < -0.4 is 10.0 Å². The van der Waals surface area contributed by atoms with Crippen molar-refractivity contribution < 1.29 is 17.6 Å². The summed E-state index contributed by atoms with van der Waals surface area (Å²) in [5, 5.41) is 13.7. The summed E-state index contributed by atoms with van der Waals surface area (Å²) in [5.41, 5.74) is 0.218. The number of rotatable bonds is 3. The maximum atomic E-state index is 13.7. The highest BCUT2D eigenvalue weighted by Crippen LogP contribution is 2.28. The molecule has 20 heavy (non-hydrogen) atoms. The highest BCUT2D eigenvalue weighted by Gasteiger charge is 2.34. The van der Waals surface area contributed by atoms with Crippen molar-refractivity contribution in [3.8, 4) is 6.07 Å². The number of hydrogen-bond acceptors (Lipinski definition) is 4. The Labute approximate surface area is 115 Å². The van der Waals surface area contributed by atoms with E-state index in [0.29, 0.717) is 0 Å². The number of carbonyl (C=O) groups is 1. The van der Waals surface area contributed by atoms with Crippen LogP contribution in [0.25, 0.3) is 0 Å². The van der Waals surface area contributed by atoms with Crippen molar-refractivity contribution in [3.05, 3.63) is 29.6 Å². The van der Waals surface area contributed by atoms with E-state index in [9.17, 15) is 17.6 Å². The number of primary sulfonamides is 1. The van der Waals surface area contributed by atoms with Gasteiger partial charge in [0.15, 0.2) is 0 Å². The lowest BCUT2D eigenvalue weighted by molar-refractivity contribution is -0.117. The number of halogens is 1. The third-order valence-corrected chi connectivity index (χ3v) is 3.98. The largest absolute Gasteiger partial charge is 0.309 e. The maximum absolute atomic E-state index is 13.7. The first-order valence-corrected chi connectivity index (χ1v) is 7.52. The molecule has 1 aliphatic heterocycles. The van der Waals surface area contributed by atoms with Crippen molar-refractivity contribution in [1.29, 1.82) is 5.26 Å². The van der Waals surface area contributed by atoms with Crippen LogP contribution in [0, 0.1) is 23.1 Å². The zero-order valence-corrected chi connectivity index (χ0v) is 11.2. The fraction of sp³-hybridized carbons (Fsp3) is 0.333. The molecule has 0 bridgehead atoms. The van der Waals surface area contributed by atoms with E-state index in [1.165, 1.54) is 12.1 Å². The lowest BCUT2D eigenvalue weighted by Crippen LogP contribution is -2.28. The summed E-state index contributed by atoms with van der Waals surface area (Å²) in [5.74, 6) is -1.81. The fourth-order valence-electron chi connectivity index (χ4n) is 2.24. The smallest absolute Gasteiger partial charge is 0.227 e. The molecule has 2 rings (SSSR count). The lowest BCUT2D eigenvalue weighted by atomic mass is 10.1. The van der Waals surface area contributed by atoms with Crippen molar-refractivity contribution in [2.24, 2.45) is 11.1 Å². The highest BCUT2D eigenvalue weighted by atomic mass is 32.2. The van der Waals surface area contributed by atoms with E-state index < -0.39 is 21.8 Å². The minimum Gasteiger partial charge on any atom is -0.309 e. The second-order valence-corrected chi connectivity index (χ2v) is 6.34. The molecule has 0 radical (unpaired) electrons. The Morgan fingerprint density at radius 3 is 2.80 bits per heavy atom. The van der Waals surface area contributed by atoms with Crippen LogP contribution in [0.2, 0.25) is 0 Å². The van der Waals surface area contributed by atoms with Gasteiger partial charge in [-0.3, -0.25) is 4.79 Å². The number of anilines is 1. The van der Waals surface area contributed by atoms with Gasteiger partial charge < -0.3 is 4.90 Å². The molecule has 1 saturated heterocycles. The van der Waals surface area contributed by atoms with Gasteiger partial charge in [0.25, 0.3) is 0 Å². The number of hydrogen-bond donors (Lipinski definition) is 1. The molecule has 1 heterocycles. The molecular weight excluding hydrogens is 285 g/mol. The van der Waals surface area contributed by atoms with E-state index in [-0.39, 0.29) is 35.9 Å². The molecule has 8 heteroatoms. The third kappa shape index (κ3) is 3.12. The van der Waals surface area contributed by atoms with Gasteiger partial charge in [0, 0.05) is 18.9 Å². The molecular formula is C12H12FN3O3S. The highest BCUT2D eigenvalue weighted by molar-refractivity contribution is 7.89. The van der Waals surface area contributed by atoms with Gasteiger partial charge in [0.05, 0.1) is 23.1 Å². The molecule has 1 fully saturated rings. The van der Waals surface area contributed by atoms with Crippen LogP contribution in [-0.4, -0.2) is 26.6 Å². The Morgan fingerprint density at radius 2 is 2.20 bits per heavy atom. The van der Waals surface area contributed by atoms with Crippen molar-refractivity contribution in [2.75, 3.05) is 17.2 Å². The van der Waals surface area contributed by atoms with Gasteiger partial charge in [-0.05, 0) is 18.2 Å². The fourth-order valence-corrected chi connectivity index (χ4v) is 3.12. The number of sulfonamides is 1. The second-order valence-electron chi connectivity index (χ2n) is 4.68. The van der Waals surface area contributed by atoms with Crippen LogP contribution in [0.15, 0.2) is 18.2 Å². The summed E-state index contributed by atoms with van der Waals surface area (Å²) in [7, 11) is -3.68. The minimum atomic E-state index is -3.68. The van der Waals surface area contributed by atoms with Gasteiger partial charge in [-0.1, -0.05) is 0 Å². The Balaban J connectivity index is 2.26. The molecule has 0 spiro atoms. The first-order chi connectivity index (χ1) is 9.30. The molecule has 1 amide bonds. The summed E-state index contributed by atoms with van der Waals surface area (Å²) in [6, 6.07) is 5.54. The van der Waals surface area contributed by atoms with Gasteiger partial charge in [-0.2, -0.15) is 5.26 Å². The Hall–Kier alpha value is -1.98. The molecule has 106 valence electrons. The predicted molar refractivity (Wildman–Crippen MR) is 69.5 cm³/mol. The first kappa shape index (κ1) is 14.4. The van der Waals surface area contributed by atoms with E-state index in [0.717, 1.165) is 11.0 Å². The molecule has 1 unspecified atom stereocenters. The van der Waals surface area contributed by atoms with Crippen molar-refractivity contribution in [1.82, 2.24) is 0 Å². The molecule has 6 nitrogen and oxygen atoms in total. The summed E-state index contributed by atoms with van der Waals surface area (Å²) < 4.78 is 35.8. The molecule has 1 atom stereocenters. The van der Waals surface area contributed by atoms with Crippen molar-refractivity contribution >= 4 is 21.6 Å². The van der Waals surface area contributed by atoms with E-state index in [4.69, 9.17) is 10.4 Å². The van der Waals surface area contributed by atoms with Gasteiger partial charge in [0.1, 0.15) is 5.82 Å². The topological polar surface area (TPSA) is 104 Å². The minimum absolute atomic E-state index is 0.00729. The molecule has 1 aliphatic rings. The molecule has 2 N–H and O–H groups in total. The summed E-state index contributed by atoms with van der Waals surface area (Å²) in [6.07, 6.45) is -0.00729. The number of nitrogens with two attached hydrogens (primary N) is 1. The van der Waals surface area contributed by atoms with Crippen molar-refractivity contribution in [2.45, 2.75) is 6.42 Å². The first-order valence-electron chi connectivity index (χ1n) is 5.80. The number of carbonyl (C=O) groups excluding carboxylic acids is 1. The van der Waals surface area contributed by atoms with Crippen LogP contribution in [-0.2, 0) is 14.8 Å². The van der Waals surface area contributed by atoms with Crippen LogP contribution in [0.1, 0.15) is 12.0 Å². The van der Waals surface area contributed by atoms with Crippen LogP contribution in [0.4, 0.5) is 10.1 Å². The normalized spacial score (nSPS) is 19.1. The summed E-state index contributed by atoms with van der Waals surface area (Å²) in [6.45, 7) is 0.0705. The molecule has 1 aromatic carbocycles. The number of amides is 1. The number of nitrogens with zero attached hydrogens (tertiary/aromatic N) is 2. The quantitative estimate of drug-likeness (QED) is 0.868. The van der Waals surface area contributed by atoms with Crippen LogP contribution in [0.5, 0.6) is 0 Å². The standard InChI is InChI=1S/C12H12FN3O3S/c13-10-2-1-8(5-14)3-11(10)16-6-9(4-12(16)17)7-20(15,18)19/h1-3,9H,4,6-7H2,(H2,15,18,19). The Morgan fingerprint density at radius 1 is 1.50 bits per heavy atom. The number of nitriles is 1. The number of benzene rings is 1. The van der Waals surface area contributed by atoms with Gasteiger partial charge in [-0.15, -0.1) is 0 Å². The molecule has 0 aromatic heterocycles. The third-order valence-electron chi connectivity index (χ3n) is 3.04. The van der Waals surface area contributed by atoms with Crippen molar-refractivity contribution in [3.63, 3.8) is 0 Å². The average molecular weight is 297 g/mol. The van der Waals surface area contributed by atoms with Crippen LogP contribution in [0.3, 0.4) is 0 Å². The van der Waals surface area contributed by atoms with Gasteiger partial charge in [-0.25, -0.2) is 17.9 Å². The summed E-state index contributed by atoms with van der Waals surface area (Å²) >= 11 is 0. The zero-order chi connectivity index (χ0) is 14.9. The molecule has 0 saturated carbocycles. The average Bonchev–Trinajstić information content (AvgIpc) is 2.68. The SMILES string of the molecule is N#Cc1ccc(F)c(N2CC(CS(N)(=O)=O)CC2=O)c1. The van der Waals surface area contributed by atoms with Crippen LogP contribution >= 0.6 is 0 Å². The Kier molecular flexibility index (Phi) is 3.74. The Bertz CT molecular complexity index is 696. The zero-order valence-electron chi connectivity index (χ0n) is 10.4. The van der Waals surface area contributed by atoms with E-state index in [1.807, 2.05) is 6.07 Å². The molecule has 0 aliphatic carbocycles. The van der Waals surface area contributed by atoms with E-state index >= 15 is 0 Å². The second kappa shape index (κ2) is 5.19. The van der Waals surface area contributed by atoms with Gasteiger partial charge in [0.2, 0.25) is 15.9 Å². The molecule has 1 aromatic rings.